The maximum absolute atomic E-state index is 12.7. The summed E-state index contributed by atoms with van der Waals surface area (Å²) in [6.07, 6.45) is 6.66. The van der Waals surface area contributed by atoms with Gasteiger partial charge in [0.2, 0.25) is 0 Å². The molecule has 1 aromatic heterocycles. The van der Waals surface area contributed by atoms with Crippen LogP contribution in [0.1, 0.15) is 30.9 Å². The van der Waals surface area contributed by atoms with Crippen LogP contribution in [0.3, 0.4) is 0 Å². The number of aromatic nitrogens is 1. The Balaban J connectivity index is 1.33. The second kappa shape index (κ2) is 9.58. The van der Waals surface area contributed by atoms with E-state index in [9.17, 15) is 4.79 Å². The maximum Gasteiger partial charge on any atom is 0.321 e. The third-order valence-corrected chi connectivity index (χ3v) is 6.40. The van der Waals surface area contributed by atoms with E-state index < -0.39 is 0 Å². The number of aryl methyl sites for hydroxylation is 1. The van der Waals surface area contributed by atoms with Crippen LogP contribution in [0, 0.1) is 5.41 Å². The Morgan fingerprint density at radius 3 is 2.50 bits per heavy atom. The summed E-state index contributed by atoms with van der Waals surface area (Å²) >= 11 is 0. The summed E-state index contributed by atoms with van der Waals surface area (Å²) in [5.74, 6) is 0. The minimum Gasteiger partial charge on any atom is -0.379 e. The van der Waals surface area contributed by atoms with Gasteiger partial charge in [0.15, 0.2) is 0 Å². The predicted molar refractivity (Wildman–Crippen MR) is 118 cm³/mol. The maximum atomic E-state index is 12.7. The van der Waals surface area contributed by atoms with Gasteiger partial charge in [-0.1, -0.05) is 19.1 Å². The molecule has 0 aliphatic carbocycles. The molecule has 2 aliphatic heterocycles. The van der Waals surface area contributed by atoms with Crippen LogP contribution in [0.15, 0.2) is 48.8 Å². The standard InChI is InChI=1S/C24H32N4O2/c1-2-20-3-5-22(6-4-20)26-23(29)28-13-9-24(10-14-28)18-27(15-16-30-19-24)17-21-7-11-25-12-8-21/h3-8,11-12H,2,9-10,13-19H2,1H3,(H,26,29). The van der Waals surface area contributed by atoms with E-state index in [1.807, 2.05) is 29.4 Å². The Morgan fingerprint density at radius 1 is 1.07 bits per heavy atom. The number of piperidine rings is 1. The molecule has 1 N–H and O–H groups in total. The van der Waals surface area contributed by atoms with E-state index in [1.54, 1.807) is 0 Å². The highest BCUT2D eigenvalue weighted by molar-refractivity contribution is 5.89. The van der Waals surface area contributed by atoms with Crippen molar-refractivity contribution in [3.8, 4) is 0 Å². The number of nitrogens with one attached hydrogen (secondary N) is 1. The number of hydrogen-bond donors (Lipinski definition) is 1. The molecule has 1 spiro atoms. The van der Waals surface area contributed by atoms with Crippen LogP contribution in [-0.2, 0) is 17.7 Å². The Bertz CT molecular complexity index is 817. The molecule has 0 bridgehead atoms. The summed E-state index contributed by atoms with van der Waals surface area (Å²) in [7, 11) is 0. The molecule has 0 unspecified atom stereocenters. The van der Waals surface area contributed by atoms with E-state index in [1.165, 1.54) is 11.1 Å². The Hall–Kier alpha value is -2.44. The molecule has 6 nitrogen and oxygen atoms in total. The van der Waals surface area contributed by atoms with Gasteiger partial charge in [0.25, 0.3) is 0 Å². The number of anilines is 1. The topological polar surface area (TPSA) is 57.7 Å². The van der Waals surface area contributed by atoms with Crippen molar-refractivity contribution in [1.29, 1.82) is 0 Å². The molecule has 2 saturated heterocycles. The molecular formula is C24H32N4O2. The molecule has 0 saturated carbocycles. The first kappa shape index (κ1) is 20.8. The van der Waals surface area contributed by atoms with E-state index in [0.717, 1.165) is 70.9 Å². The van der Waals surface area contributed by atoms with Gasteiger partial charge in [0.1, 0.15) is 0 Å². The molecule has 4 rings (SSSR count). The monoisotopic (exact) mass is 408 g/mol. The number of likely N-dealkylation sites (tertiary alicyclic amines) is 1. The van der Waals surface area contributed by atoms with Crippen LogP contribution in [0.4, 0.5) is 10.5 Å². The number of carbonyl (C=O) groups is 1. The summed E-state index contributed by atoms with van der Waals surface area (Å²) in [5.41, 5.74) is 3.55. The Morgan fingerprint density at radius 2 is 1.80 bits per heavy atom. The van der Waals surface area contributed by atoms with E-state index in [0.29, 0.717) is 0 Å². The van der Waals surface area contributed by atoms with Crippen molar-refractivity contribution < 1.29 is 9.53 Å². The minimum atomic E-state index is -0.00252. The zero-order valence-corrected chi connectivity index (χ0v) is 17.8. The average Bonchev–Trinajstić information content (AvgIpc) is 2.97. The first-order valence-corrected chi connectivity index (χ1v) is 11.0. The van der Waals surface area contributed by atoms with Crippen molar-refractivity contribution in [3.63, 3.8) is 0 Å². The fraction of sp³-hybridized carbons (Fsp3) is 0.500. The van der Waals surface area contributed by atoms with Crippen LogP contribution in [0.2, 0.25) is 0 Å². The van der Waals surface area contributed by atoms with Gasteiger partial charge in [0.05, 0.1) is 13.2 Å². The SMILES string of the molecule is CCc1ccc(NC(=O)N2CCC3(CC2)COCCN(Cc2ccncc2)C3)cc1. The quantitative estimate of drug-likeness (QED) is 0.836. The van der Waals surface area contributed by atoms with Gasteiger partial charge in [-0.25, -0.2) is 4.79 Å². The van der Waals surface area contributed by atoms with E-state index >= 15 is 0 Å². The molecule has 2 aromatic rings. The molecule has 0 radical (unpaired) electrons. The molecule has 2 amide bonds. The minimum absolute atomic E-state index is 0.00252. The lowest BCUT2D eigenvalue weighted by atomic mass is 9.78. The van der Waals surface area contributed by atoms with Gasteiger partial charge in [-0.15, -0.1) is 0 Å². The summed E-state index contributed by atoms with van der Waals surface area (Å²) in [4.78, 5) is 21.3. The molecule has 3 heterocycles. The van der Waals surface area contributed by atoms with Crippen molar-refractivity contribution in [3.05, 3.63) is 59.9 Å². The van der Waals surface area contributed by atoms with Gasteiger partial charge < -0.3 is 15.0 Å². The zero-order valence-electron chi connectivity index (χ0n) is 17.8. The zero-order chi connectivity index (χ0) is 20.8. The number of hydrogen-bond acceptors (Lipinski definition) is 4. The normalized spacial score (nSPS) is 19.4. The summed E-state index contributed by atoms with van der Waals surface area (Å²) in [6.45, 7) is 8.11. The van der Waals surface area contributed by atoms with Crippen LogP contribution in [-0.4, -0.2) is 60.2 Å². The summed E-state index contributed by atoms with van der Waals surface area (Å²) < 4.78 is 6.00. The lowest BCUT2D eigenvalue weighted by molar-refractivity contribution is 0.0242. The highest BCUT2D eigenvalue weighted by atomic mass is 16.5. The van der Waals surface area contributed by atoms with Crippen molar-refractivity contribution in [2.45, 2.75) is 32.7 Å². The third kappa shape index (κ3) is 5.18. The number of ether oxygens (including phenoxy) is 1. The van der Waals surface area contributed by atoms with Crippen molar-refractivity contribution in [2.75, 3.05) is 44.7 Å². The lowest BCUT2D eigenvalue weighted by Crippen LogP contribution is -2.49. The van der Waals surface area contributed by atoms with Crippen LogP contribution in [0.25, 0.3) is 0 Å². The number of benzene rings is 1. The molecule has 160 valence electrons. The average molecular weight is 409 g/mol. The van der Waals surface area contributed by atoms with E-state index in [4.69, 9.17) is 4.74 Å². The lowest BCUT2D eigenvalue weighted by Gasteiger charge is -2.42. The number of carbonyl (C=O) groups excluding carboxylic acids is 1. The highest BCUT2D eigenvalue weighted by Gasteiger charge is 2.39. The first-order chi connectivity index (χ1) is 14.7. The molecule has 1 aromatic carbocycles. The molecule has 2 aliphatic rings. The smallest absolute Gasteiger partial charge is 0.321 e. The Labute approximate surface area is 179 Å². The third-order valence-electron chi connectivity index (χ3n) is 6.40. The Kier molecular flexibility index (Phi) is 6.65. The van der Waals surface area contributed by atoms with Gasteiger partial charge in [0, 0.05) is 56.2 Å². The number of pyridine rings is 1. The van der Waals surface area contributed by atoms with Gasteiger partial charge in [-0.2, -0.15) is 0 Å². The predicted octanol–water partition coefficient (Wildman–Crippen LogP) is 3.79. The van der Waals surface area contributed by atoms with Crippen molar-refractivity contribution in [2.24, 2.45) is 5.41 Å². The molecule has 30 heavy (non-hydrogen) atoms. The molecule has 2 fully saturated rings. The molecule has 0 atom stereocenters. The molecule has 6 heteroatoms. The summed E-state index contributed by atoms with van der Waals surface area (Å²) in [6, 6.07) is 12.3. The number of nitrogens with zero attached hydrogens (tertiary/aromatic N) is 3. The second-order valence-electron chi connectivity index (χ2n) is 8.59. The summed E-state index contributed by atoms with van der Waals surface area (Å²) in [5, 5.41) is 3.05. The second-order valence-corrected chi connectivity index (χ2v) is 8.59. The van der Waals surface area contributed by atoms with Gasteiger partial charge in [-0.3, -0.25) is 9.88 Å². The van der Waals surface area contributed by atoms with Crippen molar-refractivity contribution >= 4 is 11.7 Å². The van der Waals surface area contributed by atoms with Gasteiger partial charge in [-0.05, 0) is 54.7 Å². The number of amides is 2. The van der Waals surface area contributed by atoms with Gasteiger partial charge >= 0.3 is 6.03 Å². The van der Waals surface area contributed by atoms with Crippen LogP contribution in [0.5, 0.6) is 0 Å². The van der Waals surface area contributed by atoms with E-state index in [-0.39, 0.29) is 11.4 Å². The van der Waals surface area contributed by atoms with Crippen molar-refractivity contribution in [1.82, 2.24) is 14.8 Å². The molecular weight excluding hydrogens is 376 g/mol. The first-order valence-electron chi connectivity index (χ1n) is 11.0. The fourth-order valence-corrected chi connectivity index (χ4v) is 4.48. The largest absolute Gasteiger partial charge is 0.379 e. The van der Waals surface area contributed by atoms with Crippen LogP contribution >= 0.6 is 0 Å². The van der Waals surface area contributed by atoms with Crippen LogP contribution < -0.4 is 5.32 Å². The fourth-order valence-electron chi connectivity index (χ4n) is 4.48. The highest BCUT2D eigenvalue weighted by Crippen LogP contribution is 2.35. The van der Waals surface area contributed by atoms with E-state index in [2.05, 4.69) is 46.4 Å². The number of rotatable bonds is 4. The number of urea groups is 1.